The van der Waals surface area contributed by atoms with E-state index in [9.17, 15) is 19.5 Å². The molecule has 0 aromatic carbocycles. The summed E-state index contributed by atoms with van der Waals surface area (Å²) in [6.07, 6.45) is 10.1. The number of unbranched alkanes of at least 4 members (excludes halogenated alkanes) is 1. The normalized spacial score (nSPS) is 37.6. The molecule has 2 saturated heterocycles. The number of thioether (sulfide) groups is 1. The van der Waals surface area contributed by atoms with E-state index in [1.54, 1.807) is 16.7 Å². The molecule has 0 bridgehead atoms. The van der Waals surface area contributed by atoms with Crippen molar-refractivity contribution in [3.8, 4) is 0 Å². The Morgan fingerprint density at radius 1 is 1.13 bits per heavy atom. The third-order valence-electron chi connectivity index (χ3n) is 6.73. The third kappa shape index (κ3) is 3.11. The summed E-state index contributed by atoms with van der Waals surface area (Å²) >= 11 is 1.55. The number of ether oxygens (including phenoxy) is 1. The van der Waals surface area contributed by atoms with E-state index in [1.165, 1.54) is 0 Å². The van der Waals surface area contributed by atoms with E-state index in [2.05, 4.69) is 6.92 Å². The summed E-state index contributed by atoms with van der Waals surface area (Å²) in [6, 6.07) is -0.674. The lowest BCUT2D eigenvalue weighted by Gasteiger charge is -2.36. The predicted molar refractivity (Wildman–Crippen MR) is 114 cm³/mol. The van der Waals surface area contributed by atoms with Crippen LogP contribution in [0.4, 0.5) is 0 Å². The van der Waals surface area contributed by atoms with Gasteiger partial charge in [0, 0.05) is 31.0 Å². The van der Waals surface area contributed by atoms with Crippen molar-refractivity contribution in [2.24, 2.45) is 11.8 Å². The van der Waals surface area contributed by atoms with Gasteiger partial charge >= 0.3 is 5.97 Å². The smallest absolute Gasteiger partial charge is 0.311 e. The Hall–Kier alpha value is -1.80. The van der Waals surface area contributed by atoms with Gasteiger partial charge in [0.05, 0.1) is 16.6 Å². The van der Waals surface area contributed by atoms with Crippen LogP contribution in [0.15, 0.2) is 24.3 Å². The van der Waals surface area contributed by atoms with Gasteiger partial charge in [-0.3, -0.25) is 14.4 Å². The quantitative estimate of drug-likeness (QED) is 0.502. The van der Waals surface area contributed by atoms with Gasteiger partial charge in [-0.15, -0.1) is 11.8 Å². The number of likely N-dealkylation sites (tertiary alicyclic amines) is 1. The number of aliphatic hydroxyl groups is 1. The highest BCUT2D eigenvalue weighted by atomic mass is 32.2. The first-order valence-electron chi connectivity index (χ1n) is 10.8. The van der Waals surface area contributed by atoms with Gasteiger partial charge in [-0.2, -0.15) is 0 Å². The molecule has 8 heteroatoms. The molecular weight excluding hydrogens is 404 g/mol. The van der Waals surface area contributed by atoms with Gasteiger partial charge in [0.2, 0.25) is 11.8 Å². The Labute approximate surface area is 181 Å². The lowest BCUT2D eigenvalue weighted by molar-refractivity contribution is -0.152. The minimum atomic E-state index is -0.815. The summed E-state index contributed by atoms with van der Waals surface area (Å²) in [5, 5.41) is 9.37. The Morgan fingerprint density at radius 3 is 2.67 bits per heavy atom. The summed E-state index contributed by atoms with van der Waals surface area (Å²) in [4.78, 5) is 43.8. The molecule has 1 unspecified atom stereocenters. The number of nitrogens with zero attached hydrogens (tertiary/aromatic N) is 2. The fourth-order valence-electron chi connectivity index (χ4n) is 5.43. The summed E-state index contributed by atoms with van der Waals surface area (Å²) in [6.45, 7) is 5.66. The van der Waals surface area contributed by atoms with Crippen LogP contribution in [0.25, 0.3) is 0 Å². The van der Waals surface area contributed by atoms with Crippen molar-refractivity contribution in [3.05, 3.63) is 24.3 Å². The largest absolute Gasteiger partial charge is 0.461 e. The topological polar surface area (TPSA) is 87.2 Å². The van der Waals surface area contributed by atoms with E-state index in [4.69, 9.17) is 4.74 Å². The van der Waals surface area contributed by atoms with Crippen LogP contribution in [0.1, 0.15) is 33.1 Å². The average molecular weight is 435 g/mol. The maximum atomic E-state index is 13.7. The Kier molecular flexibility index (Phi) is 5.74. The maximum Gasteiger partial charge on any atom is 0.311 e. The van der Waals surface area contributed by atoms with Gasteiger partial charge in [0.1, 0.15) is 12.6 Å². The third-order valence-corrected chi connectivity index (χ3v) is 8.53. The van der Waals surface area contributed by atoms with Crippen molar-refractivity contribution < 1.29 is 24.2 Å². The molecule has 1 N–H and O–H groups in total. The number of carbonyl (C=O) groups excluding carboxylic acids is 3. The fourth-order valence-corrected chi connectivity index (χ4v) is 7.59. The second-order valence-electron chi connectivity index (χ2n) is 8.68. The zero-order valence-electron chi connectivity index (χ0n) is 17.6. The van der Waals surface area contributed by atoms with Crippen LogP contribution in [0.2, 0.25) is 0 Å². The second kappa shape index (κ2) is 8.04. The Bertz CT molecular complexity index is 798. The minimum Gasteiger partial charge on any atom is -0.461 e. The summed E-state index contributed by atoms with van der Waals surface area (Å²) in [7, 11) is 0. The average Bonchev–Trinajstić information content (AvgIpc) is 2.97. The highest BCUT2D eigenvalue weighted by Crippen LogP contribution is 2.65. The van der Waals surface area contributed by atoms with Crippen molar-refractivity contribution in [2.75, 3.05) is 32.8 Å². The molecule has 4 rings (SSSR count). The highest BCUT2D eigenvalue weighted by Gasteiger charge is 2.73. The molecule has 4 aliphatic rings. The summed E-state index contributed by atoms with van der Waals surface area (Å²) < 4.78 is 3.97. The fraction of sp³-hybridized carbons (Fsp3) is 0.682. The van der Waals surface area contributed by atoms with E-state index in [-0.39, 0.29) is 31.0 Å². The molecule has 2 amide bonds. The first-order valence-corrected chi connectivity index (χ1v) is 11.6. The van der Waals surface area contributed by atoms with Crippen LogP contribution < -0.4 is 0 Å². The van der Waals surface area contributed by atoms with Gasteiger partial charge in [0.25, 0.3) is 0 Å². The number of hydrogen-bond donors (Lipinski definition) is 1. The van der Waals surface area contributed by atoms with Gasteiger partial charge < -0.3 is 19.6 Å². The van der Waals surface area contributed by atoms with E-state index in [1.807, 2.05) is 36.1 Å². The number of cyclic esters (lactones) is 1. The molecule has 0 saturated carbocycles. The highest BCUT2D eigenvalue weighted by molar-refractivity contribution is 8.02. The molecule has 0 aromatic rings. The molecule has 0 radical (unpaired) electrons. The van der Waals surface area contributed by atoms with Gasteiger partial charge in [-0.1, -0.05) is 31.6 Å². The number of amides is 2. The number of esters is 1. The van der Waals surface area contributed by atoms with Crippen molar-refractivity contribution in [3.63, 3.8) is 0 Å². The molecular formula is C22H30N2O5S. The lowest BCUT2D eigenvalue weighted by Crippen LogP contribution is -2.53. The van der Waals surface area contributed by atoms with Crippen molar-refractivity contribution in [2.45, 2.75) is 48.6 Å². The van der Waals surface area contributed by atoms with Crippen LogP contribution >= 0.6 is 11.8 Å². The second-order valence-corrected chi connectivity index (χ2v) is 10.5. The van der Waals surface area contributed by atoms with Crippen LogP contribution in [0.3, 0.4) is 0 Å². The summed E-state index contributed by atoms with van der Waals surface area (Å²) in [5.74, 6) is -1.92. The molecule has 4 heterocycles. The van der Waals surface area contributed by atoms with Crippen molar-refractivity contribution >= 4 is 29.5 Å². The van der Waals surface area contributed by atoms with Crippen LogP contribution in [0.5, 0.6) is 0 Å². The van der Waals surface area contributed by atoms with Gasteiger partial charge in [-0.25, -0.2) is 0 Å². The van der Waals surface area contributed by atoms with Crippen LogP contribution in [0, 0.1) is 11.8 Å². The van der Waals surface area contributed by atoms with Crippen molar-refractivity contribution in [1.82, 2.24) is 9.80 Å². The molecule has 4 aliphatic heterocycles. The van der Waals surface area contributed by atoms with Crippen LogP contribution in [-0.4, -0.2) is 81.1 Å². The number of carbonyl (C=O) groups is 3. The number of fused-ring (bicyclic) bond motifs is 2. The zero-order chi connectivity index (χ0) is 21.5. The Morgan fingerprint density at radius 2 is 1.93 bits per heavy atom. The van der Waals surface area contributed by atoms with E-state index < -0.39 is 27.4 Å². The van der Waals surface area contributed by atoms with E-state index in [0.717, 1.165) is 12.8 Å². The predicted octanol–water partition coefficient (Wildman–Crippen LogP) is 1.37. The maximum absolute atomic E-state index is 13.7. The lowest BCUT2D eigenvalue weighted by atomic mass is 9.75. The van der Waals surface area contributed by atoms with E-state index in [0.29, 0.717) is 26.1 Å². The van der Waals surface area contributed by atoms with Gasteiger partial charge in [0.15, 0.2) is 0 Å². The molecule has 0 aromatic heterocycles. The van der Waals surface area contributed by atoms with Crippen LogP contribution in [-0.2, 0) is 19.1 Å². The first-order chi connectivity index (χ1) is 14.4. The van der Waals surface area contributed by atoms with Gasteiger partial charge in [-0.05, 0) is 25.8 Å². The Balaban J connectivity index is 1.81. The monoisotopic (exact) mass is 434 g/mol. The SMILES string of the molecule is CCCCN1CC=C[C@]23S[C@@]4(C)C=CCOC(=O)[C@H]4[C@H]2C(=O)N(CCCO)C3C1=O. The summed E-state index contributed by atoms with van der Waals surface area (Å²) in [5.41, 5.74) is 0. The number of aliphatic hydroxyl groups excluding tert-OH is 1. The molecule has 5 atom stereocenters. The first kappa shape index (κ1) is 21.4. The molecule has 30 heavy (non-hydrogen) atoms. The number of hydrogen-bond acceptors (Lipinski definition) is 6. The van der Waals surface area contributed by atoms with Crippen molar-refractivity contribution in [1.29, 1.82) is 0 Å². The minimum absolute atomic E-state index is 0.0587. The molecule has 164 valence electrons. The number of rotatable bonds is 6. The zero-order valence-corrected chi connectivity index (χ0v) is 18.4. The van der Waals surface area contributed by atoms with E-state index >= 15 is 0 Å². The molecule has 2 fully saturated rings. The molecule has 1 spiro atoms. The molecule has 0 aliphatic carbocycles. The standard InChI is InChI=1S/C22H30N2O5S/c1-3-4-10-23-11-5-9-22-15(16-20(28)29-14-6-8-21(16,2)30-22)18(26)24(12-7-13-25)17(22)19(23)27/h5-6,8-9,15-17,25H,3-4,7,10-14H2,1-2H3/t15-,16+,17?,21-,22-/m0/s1. The molecule has 7 nitrogen and oxygen atoms in total.